The molecule has 0 N–H and O–H groups in total. The van der Waals surface area contributed by atoms with E-state index in [4.69, 9.17) is 9.47 Å². The van der Waals surface area contributed by atoms with Crippen LogP contribution in [0.25, 0.3) is 0 Å². The molecule has 0 aliphatic carbocycles. The molecular formula is C19H26N2O4. The molecule has 0 aromatic heterocycles. The fourth-order valence-corrected chi connectivity index (χ4v) is 3.12. The van der Waals surface area contributed by atoms with Crippen LogP contribution in [0.1, 0.15) is 42.3 Å². The molecule has 2 aliphatic heterocycles. The number of benzene rings is 1. The molecule has 2 amide bonds. The van der Waals surface area contributed by atoms with Gasteiger partial charge in [0, 0.05) is 31.7 Å². The topological polar surface area (TPSA) is 59.1 Å². The van der Waals surface area contributed by atoms with Gasteiger partial charge in [-0.3, -0.25) is 4.79 Å². The molecule has 1 fully saturated rings. The van der Waals surface area contributed by atoms with Crippen LogP contribution in [0.15, 0.2) is 18.2 Å². The minimum absolute atomic E-state index is 0.0562. The maximum Gasteiger partial charge on any atom is 0.410 e. The first-order valence-corrected chi connectivity index (χ1v) is 8.80. The zero-order valence-electron chi connectivity index (χ0n) is 15.2. The second-order valence-corrected chi connectivity index (χ2v) is 7.54. The number of amides is 2. The van der Waals surface area contributed by atoms with E-state index < -0.39 is 5.60 Å². The Labute approximate surface area is 148 Å². The summed E-state index contributed by atoms with van der Waals surface area (Å²) >= 11 is 0. The standard InChI is InChI=1S/C19H26N2O4/c1-19(2,3)25-18(23)21-7-6-14-12-15(4-5-16(14)13-21)17(22)20-8-10-24-11-9-20/h4-5,12H,6-11,13H2,1-3H3. The lowest BCUT2D eigenvalue weighted by Gasteiger charge is -2.32. The second-order valence-electron chi connectivity index (χ2n) is 7.54. The highest BCUT2D eigenvalue weighted by Crippen LogP contribution is 2.23. The van der Waals surface area contributed by atoms with Gasteiger partial charge in [-0.1, -0.05) is 6.07 Å². The number of carbonyl (C=O) groups is 2. The van der Waals surface area contributed by atoms with E-state index in [2.05, 4.69) is 0 Å². The molecule has 6 nitrogen and oxygen atoms in total. The van der Waals surface area contributed by atoms with Crippen LogP contribution in [0, 0.1) is 0 Å². The lowest BCUT2D eigenvalue weighted by Crippen LogP contribution is -2.41. The van der Waals surface area contributed by atoms with Gasteiger partial charge in [0.2, 0.25) is 0 Å². The number of morpholine rings is 1. The van der Waals surface area contributed by atoms with Crippen molar-refractivity contribution in [2.45, 2.75) is 39.3 Å². The molecule has 0 atom stereocenters. The highest BCUT2D eigenvalue weighted by atomic mass is 16.6. The SMILES string of the molecule is CC(C)(C)OC(=O)N1CCc2cc(C(=O)N3CCOCC3)ccc2C1. The summed E-state index contributed by atoms with van der Waals surface area (Å²) in [4.78, 5) is 28.4. The molecule has 3 rings (SSSR count). The monoisotopic (exact) mass is 346 g/mol. The van der Waals surface area contributed by atoms with Gasteiger partial charge in [0.1, 0.15) is 5.60 Å². The van der Waals surface area contributed by atoms with Crippen molar-refractivity contribution in [1.29, 1.82) is 0 Å². The number of fused-ring (bicyclic) bond motifs is 1. The van der Waals surface area contributed by atoms with Crippen molar-refractivity contribution in [3.8, 4) is 0 Å². The van der Waals surface area contributed by atoms with Gasteiger partial charge >= 0.3 is 6.09 Å². The molecule has 1 saturated heterocycles. The van der Waals surface area contributed by atoms with Crippen molar-refractivity contribution in [3.05, 3.63) is 34.9 Å². The van der Waals surface area contributed by atoms with Crippen LogP contribution in [0.2, 0.25) is 0 Å². The molecule has 2 aliphatic rings. The fraction of sp³-hybridized carbons (Fsp3) is 0.579. The number of hydrogen-bond donors (Lipinski definition) is 0. The quantitative estimate of drug-likeness (QED) is 0.784. The Balaban J connectivity index is 1.69. The van der Waals surface area contributed by atoms with Crippen LogP contribution in [-0.4, -0.2) is 60.2 Å². The Hall–Kier alpha value is -2.08. The predicted octanol–water partition coefficient (Wildman–Crippen LogP) is 2.45. The van der Waals surface area contributed by atoms with Gasteiger partial charge in [-0.15, -0.1) is 0 Å². The largest absolute Gasteiger partial charge is 0.444 e. The number of ether oxygens (including phenoxy) is 2. The van der Waals surface area contributed by atoms with E-state index in [1.807, 2.05) is 43.9 Å². The van der Waals surface area contributed by atoms with Crippen molar-refractivity contribution in [3.63, 3.8) is 0 Å². The first-order chi connectivity index (χ1) is 11.8. The molecule has 6 heteroatoms. The predicted molar refractivity (Wildman–Crippen MR) is 93.5 cm³/mol. The van der Waals surface area contributed by atoms with Gasteiger partial charge in [0.15, 0.2) is 0 Å². The maximum absolute atomic E-state index is 12.6. The van der Waals surface area contributed by atoms with E-state index >= 15 is 0 Å². The zero-order valence-corrected chi connectivity index (χ0v) is 15.2. The zero-order chi connectivity index (χ0) is 18.0. The first-order valence-electron chi connectivity index (χ1n) is 8.80. The van der Waals surface area contributed by atoms with Crippen LogP contribution in [0.4, 0.5) is 4.79 Å². The Morgan fingerprint density at radius 1 is 1.04 bits per heavy atom. The summed E-state index contributed by atoms with van der Waals surface area (Å²) in [7, 11) is 0. The summed E-state index contributed by atoms with van der Waals surface area (Å²) in [6.45, 7) is 9.21. The summed E-state index contributed by atoms with van der Waals surface area (Å²) in [5, 5.41) is 0. The smallest absolute Gasteiger partial charge is 0.410 e. The molecule has 2 heterocycles. The Bertz CT molecular complexity index is 660. The van der Waals surface area contributed by atoms with Crippen molar-refractivity contribution in [2.24, 2.45) is 0 Å². The van der Waals surface area contributed by atoms with Crippen LogP contribution < -0.4 is 0 Å². The second kappa shape index (κ2) is 7.04. The molecule has 25 heavy (non-hydrogen) atoms. The van der Waals surface area contributed by atoms with E-state index in [0.717, 1.165) is 17.5 Å². The van der Waals surface area contributed by atoms with E-state index in [1.165, 1.54) is 0 Å². The molecular weight excluding hydrogens is 320 g/mol. The van der Waals surface area contributed by atoms with E-state index in [9.17, 15) is 9.59 Å². The lowest BCUT2D eigenvalue weighted by atomic mass is 9.97. The highest BCUT2D eigenvalue weighted by Gasteiger charge is 2.26. The van der Waals surface area contributed by atoms with Gasteiger partial charge in [-0.2, -0.15) is 0 Å². The van der Waals surface area contributed by atoms with Crippen molar-refractivity contribution in [2.75, 3.05) is 32.8 Å². The third-order valence-corrected chi connectivity index (χ3v) is 4.42. The van der Waals surface area contributed by atoms with Gasteiger partial charge < -0.3 is 19.3 Å². The molecule has 136 valence electrons. The average Bonchev–Trinajstić information content (AvgIpc) is 2.59. The van der Waals surface area contributed by atoms with Crippen LogP contribution >= 0.6 is 0 Å². The molecule has 1 aromatic carbocycles. The van der Waals surface area contributed by atoms with E-state index in [1.54, 1.807) is 4.90 Å². The minimum Gasteiger partial charge on any atom is -0.444 e. The van der Waals surface area contributed by atoms with Gasteiger partial charge in [-0.25, -0.2) is 4.79 Å². The Morgan fingerprint density at radius 2 is 1.76 bits per heavy atom. The minimum atomic E-state index is -0.494. The molecule has 0 unspecified atom stereocenters. The van der Waals surface area contributed by atoms with Crippen molar-refractivity contribution >= 4 is 12.0 Å². The average molecular weight is 346 g/mol. The highest BCUT2D eigenvalue weighted by molar-refractivity contribution is 5.94. The van der Waals surface area contributed by atoms with Crippen LogP contribution in [-0.2, 0) is 22.4 Å². The summed E-state index contributed by atoms with van der Waals surface area (Å²) in [6.07, 6.45) is 0.449. The summed E-state index contributed by atoms with van der Waals surface area (Å²) in [5.74, 6) is 0.0562. The number of hydrogen-bond acceptors (Lipinski definition) is 4. The van der Waals surface area contributed by atoms with Gasteiger partial charge in [-0.05, 0) is 50.5 Å². The fourth-order valence-electron chi connectivity index (χ4n) is 3.12. The molecule has 0 bridgehead atoms. The third-order valence-electron chi connectivity index (χ3n) is 4.42. The molecule has 1 aromatic rings. The van der Waals surface area contributed by atoms with Gasteiger partial charge in [0.25, 0.3) is 5.91 Å². The summed E-state index contributed by atoms with van der Waals surface area (Å²) in [6, 6.07) is 5.79. The van der Waals surface area contributed by atoms with Crippen LogP contribution in [0.5, 0.6) is 0 Å². The third kappa shape index (κ3) is 4.31. The Morgan fingerprint density at radius 3 is 2.44 bits per heavy atom. The number of nitrogens with zero attached hydrogens (tertiary/aromatic N) is 2. The normalized spacial score (nSPS) is 17.9. The lowest BCUT2D eigenvalue weighted by molar-refractivity contribution is 0.0223. The molecule has 0 radical (unpaired) electrons. The molecule has 0 saturated carbocycles. The molecule has 0 spiro atoms. The van der Waals surface area contributed by atoms with E-state index in [-0.39, 0.29) is 12.0 Å². The van der Waals surface area contributed by atoms with E-state index in [0.29, 0.717) is 45.0 Å². The van der Waals surface area contributed by atoms with Crippen molar-refractivity contribution in [1.82, 2.24) is 9.80 Å². The maximum atomic E-state index is 12.6. The first kappa shape index (κ1) is 17.7. The number of rotatable bonds is 1. The summed E-state index contributed by atoms with van der Waals surface area (Å²) < 4.78 is 10.7. The van der Waals surface area contributed by atoms with Crippen LogP contribution in [0.3, 0.4) is 0 Å². The van der Waals surface area contributed by atoms with Gasteiger partial charge in [0.05, 0.1) is 13.2 Å². The Kier molecular flexibility index (Phi) is 4.99. The van der Waals surface area contributed by atoms with Crippen molar-refractivity contribution < 1.29 is 19.1 Å². The summed E-state index contributed by atoms with van der Waals surface area (Å²) in [5.41, 5.74) is 2.44. The number of carbonyl (C=O) groups excluding carboxylic acids is 2.